The predicted molar refractivity (Wildman–Crippen MR) is 36.5 cm³/mol. The molecule has 0 spiro atoms. The summed E-state index contributed by atoms with van der Waals surface area (Å²) in [5.41, 5.74) is 0. The zero-order chi connectivity index (χ0) is 6.53. The van der Waals surface area contributed by atoms with Crippen LogP contribution in [0.15, 0.2) is 31.1 Å². The van der Waals surface area contributed by atoms with E-state index < -0.39 is 0 Å². The highest BCUT2D eigenvalue weighted by Crippen LogP contribution is 2.05. The van der Waals surface area contributed by atoms with Crippen LogP contribution in [0.25, 0.3) is 0 Å². The second-order valence-corrected chi connectivity index (χ2v) is 1.65. The van der Waals surface area contributed by atoms with E-state index in [4.69, 9.17) is 4.74 Å². The number of aromatic amines is 1. The Morgan fingerprint density at radius 3 is 3.22 bits per heavy atom. The maximum absolute atomic E-state index is 5.15. The first-order valence-electron chi connectivity index (χ1n) is 2.80. The van der Waals surface area contributed by atoms with Crippen LogP contribution in [0.2, 0.25) is 0 Å². The minimum atomic E-state index is 0.567. The van der Waals surface area contributed by atoms with Crippen LogP contribution in [0.1, 0.15) is 0 Å². The van der Waals surface area contributed by atoms with Crippen molar-refractivity contribution < 1.29 is 4.74 Å². The summed E-state index contributed by atoms with van der Waals surface area (Å²) in [6, 6.07) is 1.86. The molecule has 0 aliphatic rings. The van der Waals surface area contributed by atoms with Crippen molar-refractivity contribution in [1.29, 1.82) is 0 Å². The van der Waals surface area contributed by atoms with E-state index in [2.05, 4.69) is 11.6 Å². The average molecular weight is 123 g/mol. The van der Waals surface area contributed by atoms with E-state index in [9.17, 15) is 0 Å². The second kappa shape index (κ2) is 2.97. The fourth-order valence-electron chi connectivity index (χ4n) is 0.554. The van der Waals surface area contributed by atoms with Gasteiger partial charge >= 0.3 is 0 Å². The van der Waals surface area contributed by atoms with Gasteiger partial charge in [-0.25, -0.2) is 0 Å². The van der Waals surface area contributed by atoms with Gasteiger partial charge in [0.15, 0.2) is 0 Å². The van der Waals surface area contributed by atoms with Gasteiger partial charge in [0.2, 0.25) is 0 Å². The molecule has 0 aromatic carbocycles. The fourth-order valence-corrected chi connectivity index (χ4v) is 0.554. The highest BCUT2D eigenvalue weighted by atomic mass is 16.5. The molecule has 0 atom stereocenters. The molecule has 1 aromatic heterocycles. The molecule has 2 nitrogen and oxygen atoms in total. The third-order valence-corrected chi connectivity index (χ3v) is 0.937. The first-order chi connectivity index (χ1) is 4.43. The molecule has 1 rings (SSSR count). The summed E-state index contributed by atoms with van der Waals surface area (Å²) < 4.78 is 5.15. The molecule has 2 heteroatoms. The molecule has 0 fully saturated rings. The smallest absolute Gasteiger partial charge is 0.137 e. The lowest BCUT2D eigenvalue weighted by atomic mass is 10.6. The maximum atomic E-state index is 5.15. The van der Waals surface area contributed by atoms with E-state index in [1.165, 1.54) is 0 Å². The maximum Gasteiger partial charge on any atom is 0.137 e. The first kappa shape index (κ1) is 5.95. The zero-order valence-electron chi connectivity index (χ0n) is 5.13. The number of hydrogen-bond acceptors (Lipinski definition) is 1. The van der Waals surface area contributed by atoms with Gasteiger partial charge in [-0.2, -0.15) is 0 Å². The summed E-state index contributed by atoms with van der Waals surface area (Å²) >= 11 is 0. The van der Waals surface area contributed by atoms with Gasteiger partial charge in [0.1, 0.15) is 12.4 Å². The molecule has 0 saturated heterocycles. The van der Waals surface area contributed by atoms with Crippen molar-refractivity contribution >= 4 is 0 Å². The molecular formula is C7H9NO. The molecule has 0 unspecified atom stereocenters. The van der Waals surface area contributed by atoms with E-state index >= 15 is 0 Å². The standard InChI is InChI=1S/C7H9NO/c1-2-5-9-7-3-4-8-6-7/h2-4,6,8H,1,5H2. The fraction of sp³-hybridized carbons (Fsp3) is 0.143. The van der Waals surface area contributed by atoms with Crippen LogP contribution in [0.5, 0.6) is 5.75 Å². The van der Waals surface area contributed by atoms with Gasteiger partial charge in [-0.1, -0.05) is 12.7 Å². The summed E-state index contributed by atoms with van der Waals surface area (Å²) in [6.45, 7) is 4.09. The number of aromatic nitrogens is 1. The van der Waals surface area contributed by atoms with Crippen LogP contribution in [0.4, 0.5) is 0 Å². The van der Waals surface area contributed by atoms with Gasteiger partial charge < -0.3 is 9.72 Å². The zero-order valence-corrected chi connectivity index (χ0v) is 5.13. The van der Waals surface area contributed by atoms with Crippen molar-refractivity contribution in [2.45, 2.75) is 0 Å². The molecule has 0 amide bonds. The Labute approximate surface area is 54.2 Å². The SMILES string of the molecule is C=CCOc1cc[nH]c1. The van der Waals surface area contributed by atoms with Gasteiger partial charge in [-0.3, -0.25) is 0 Å². The monoisotopic (exact) mass is 123 g/mol. The number of H-pyrrole nitrogens is 1. The molecule has 9 heavy (non-hydrogen) atoms. The molecule has 0 radical (unpaired) electrons. The molecule has 0 saturated carbocycles. The van der Waals surface area contributed by atoms with E-state index in [1.807, 2.05) is 12.3 Å². The third-order valence-electron chi connectivity index (χ3n) is 0.937. The van der Waals surface area contributed by atoms with Crippen LogP contribution in [0.3, 0.4) is 0 Å². The van der Waals surface area contributed by atoms with Crippen molar-refractivity contribution in [3.63, 3.8) is 0 Å². The Balaban J connectivity index is 2.38. The lowest BCUT2D eigenvalue weighted by Crippen LogP contribution is -1.89. The number of nitrogens with one attached hydrogen (secondary N) is 1. The number of hydrogen-bond donors (Lipinski definition) is 1. The van der Waals surface area contributed by atoms with Crippen LogP contribution in [-0.4, -0.2) is 11.6 Å². The highest BCUT2D eigenvalue weighted by molar-refractivity contribution is 5.15. The normalized spacial score (nSPS) is 8.89. The molecule has 0 aliphatic carbocycles. The van der Waals surface area contributed by atoms with Crippen molar-refractivity contribution in [2.24, 2.45) is 0 Å². The summed E-state index contributed by atoms with van der Waals surface area (Å²) in [4.78, 5) is 2.88. The van der Waals surface area contributed by atoms with Crippen molar-refractivity contribution in [3.8, 4) is 5.75 Å². The Hall–Kier alpha value is -1.18. The Morgan fingerprint density at radius 1 is 1.78 bits per heavy atom. The van der Waals surface area contributed by atoms with Crippen LogP contribution < -0.4 is 4.74 Å². The van der Waals surface area contributed by atoms with Crippen LogP contribution >= 0.6 is 0 Å². The van der Waals surface area contributed by atoms with Gasteiger partial charge in [0.05, 0.1) is 0 Å². The van der Waals surface area contributed by atoms with Crippen molar-refractivity contribution in [3.05, 3.63) is 31.1 Å². The van der Waals surface area contributed by atoms with Crippen LogP contribution in [0, 0.1) is 0 Å². The molecule has 1 N–H and O–H groups in total. The minimum absolute atomic E-state index is 0.567. The highest BCUT2D eigenvalue weighted by Gasteiger charge is 1.86. The second-order valence-electron chi connectivity index (χ2n) is 1.65. The van der Waals surface area contributed by atoms with Crippen LogP contribution in [-0.2, 0) is 0 Å². The molecule has 1 heterocycles. The summed E-state index contributed by atoms with van der Waals surface area (Å²) in [5, 5.41) is 0. The Kier molecular flexibility index (Phi) is 1.96. The molecule has 48 valence electrons. The molecule has 0 bridgehead atoms. The van der Waals surface area contributed by atoms with Gasteiger partial charge in [0.25, 0.3) is 0 Å². The van der Waals surface area contributed by atoms with Gasteiger partial charge in [-0.15, -0.1) is 0 Å². The summed E-state index contributed by atoms with van der Waals surface area (Å²) in [6.07, 6.45) is 5.33. The number of rotatable bonds is 3. The largest absolute Gasteiger partial charge is 0.488 e. The topological polar surface area (TPSA) is 25.0 Å². The molecule has 0 aliphatic heterocycles. The lowest BCUT2D eigenvalue weighted by Gasteiger charge is -1.95. The van der Waals surface area contributed by atoms with E-state index in [0.29, 0.717) is 6.61 Å². The van der Waals surface area contributed by atoms with Crippen molar-refractivity contribution in [1.82, 2.24) is 4.98 Å². The average Bonchev–Trinajstić information content (AvgIpc) is 2.34. The summed E-state index contributed by atoms with van der Waals surface area (Å²) in [5.74, 6) is 0.856. The van der Waals surface area contributed by atoms with E-state index in [0.717, 1.165) is 5.75 Å². The minimum Gasteiger partial charge on any atom is -0.488 e. The molecular weight excluding hydrogens is 114 g/mol. The predicted octanol–water partition coefficient (Wildman–Crippen LogP) is 1.58. The van der Waals surface area contributed by atoms with Crippen molar-refractivity contribution in [2.75, 3.05) is 6.61 Å². The van der Waals surface area contributed by atoms with E-state index in [1.54, 1.807) is 12.3 Å². The third kappa shape index (κ3) is 1.64. The summed E-state index contributed by atoms with van der Waals surface area (Å²) in [7, 11) is 0. The van der Waals surface area contributed by atoms with Gasteiger partial charge in [0, 0.05) is 12.4 Å². The number of ether oxygens (including phenoxy) is 1. The quantitative estimate of drug-likeness (QED) is 0.606. The Bertz CT molecular complexity index is 167. The first-order valence-corrected chi connectivity index (χ1v) is 2.80. The van der Waals surface area contributed by atoms with Gasteiger partial charge in [-0.05, 0) is 6.07 Å². The lowest BCUT2D eigenvalue weighted by molar-refractivity contribution is 0.364. The molecule has 1 aromatic rings. The van der Waals surface area contributed by atoms with E-state index in [-0.39, 0.29) is 0 Å². The Morgan fingerprint density at radius 2 is 2.67 bits per heavy atom.